The number of rotatable bonds is 9. The standard InChI is InChI=1S/C30H29ClN4O3S/c1-37-25-14-23-12-13-35(18-24(23)15-26(25)38-2)28-16-27(31)33-30(34-28)39-19-21-8-10-22(11-9-21)29(36)32-17-20-6-4-3-5-7-20/h3-11,14-16H,12-13,17-19H2,1-2H3,(H,32,36). The monoisotopic (exact) mass is 560 g/mol. The Balaban J connectivity index is 1.21. The first-order chi connectivity index (χ1) is 19.0. The molecule has 0 atom stereocenters. The highest BCUT2D eigenvalue weighted by Crippen LogP contribution is 2.35. The lowest BCUT2D eigenvalue weighted by Crippen LogP contribution is -2.31. The number of nitrogens with one attached hydrogen (secondary N) is 1. The maximum absolute atomic E-state index is 12.5. The molecule has 1 aliphatic heterocycles. The number of hydrogen-bond acceptors (Lipinski definition) is 7. The number of thioether (sulfide) groups is 1. The molecule has 0 saturated heterocycles. The molecule has 1 aromatic heterocycles. The van der Waals surface area contributed by atoms with Gasteiger partial charge in [-0.15, -0.1) is 0 Å². The van der Waals surface area contributed by atoms with E-state index in [9.17, 15) is 4.79 Å². The number of aromatic nitrogens is 2. The average Bonchev–Trinajstić information content (AvgIpc) is 2.98. The first kappa shape index (κ1) is 26.8. The van der Waals surface area contributed by atoms with Gasteiger partial charge in [0, 0.05) is 37.0 Å². The van der Waals surface area contributed by atoms with Crippen LogP contribution in [0.5, 0.6) is 11.5 Å². The zero-order valence-electron chi connectivity index (χ0n) is 21.8. The van der Waals surface area contributed by atoms with Crippen LogP contribution in [0.1, 0.15) is 32.6 Å². The lowest BCUT2D eigenvalue weighted by Gasteiger charge is -2.30. The van der Waals surface area contributed by atoms with Gasteiger partial charge in [-0.2, -0.15) is 0 Å². The minimum absolute atomic E-state index is 0.0972. The van der Waals surface area contributed by atoms with Crippen molar-refractivity contribution in [1.29, 1.82) is 0 Å². The molecule has 2 heterocycles. The van der Waals surface area contributed by atoms with Crippen LogP contribution in [0.4, 0.5) is 5.82 Å². The number of ether oxygens (including phenoxy) is 2. The van der Waals surface area contributed by atoms with Gasteiger partial charge in [-0.05, 0) is 52.9 Å². The van der Waals surface area contributed by atoms with E-state index in [1.54, 1.807) is 20.3 Å². The molecule has 0 aliphatic carbocycles. The van der Waals surface area contributed by atoms with Crippen molar-refractivity contribution in [3.8, 4) is 11.5 Å². The van der Waals surface area contributed by atoms with Crippen molar-refractivity contribution in [3.05, 3.63) is 106 Å². The van der Waals surface area contributed by atoms with Crippen LogP contribution in [-0.4, -0.2) is 36.6 Å². The topological polar surface area (TPSA) is 76.6 Å². The summed E-state index contributed by atoms with van der Waals surface area (Å²) in [7, 11) is 3.30. The molecule has 200 valence electrons. The molecule has 7 nitrogen and oxygen atoms in total. The number of benzene rings is 3. The Hall–Kier alpha value is -3.75. The van der Waals surface area contributed by atoms with E-state index in [0.29, 0.717) is 34.7 Å². The molecule has 1 aliphatic rings. The number of methoxy groups -OCH3 is 2. The van der Waals surface area contributed by atoms with Gasteiger partial charge in [-0.1, -0.05) is 65.8 Å². The third kappa shape index (κ3) is 6.64. The predicted octanol–water partition coefficient (Wildman–Crippen LogP) is 5.93. The Kier molecular flexibility index (Phi) is 8.54. The minimum Gasteiger partial charge on any atom is -0.493 e. The van der Waals surface area contributed by atoms with Gasteiger partial charge < -0.3 is 19.7 Å². The molecule has 9 heteroatoms. The van der Waals surface area contributed by atoms with E-state index in [4.69, 9.17) is 26.1 Å². The zero-order chi connectivity index (χ0) is 27.2. The highest BCUT2D eigenvalue weighted by molar-refractivity contribution is 7.98. The molecule has 5 rings (SSSR count). The van der Waals surface area contributed by atoms with Gasteiger partial charge in [0.2, 0.25) is 0 Å². The molecule has 0 fully saturated rings. The van der Waals surface area contributed by atoms with E-state index >= 15 is 0 Å². The number of carbonyl (C=O) groups is 1. The molecule has 0 saturated carbocycles. The Morgan fingerprint density at radius 1 is 0.949 bits per heavy atom. The smallest absolute Gasteiger partial charge is 0.251 e. The van der Waals surface area contributed by atoms with Gasteiger partial charge in [0.05, 0.1) is 14.2 Å². The van der Waals surface area contributed by atoms with Crippen molar-refractivity contribution in [1.82, 2.24) is 15.3 Å². The van der Waals surface area contributed by atoms with Crippen LogP contribution in [0.3, 0.4) is 0 Å². The Bertz CT molecular complexity index is 1450. The SMILES string of the molecule is COc1cc2c(cc1OC)CN(c1cc(Cl)nc(SCc3ccc(C(=O)NCc4ccccc4)cc3)n1)CC2. The summed E-state index contributed by atoms with van der Waals surface area (Å²) in [5, 5.41) is 3.98. The maximum atomic E-state index is 12.5. The average molecular weight is 561 g/mol. The molecular weight excluding hydrogens is 532 g/mol. The fourth-order valence-electron chi connectivity index (χ4n) is 4.47. The molecule has 4 aromatic rings. The number of anilines is 1. The fraction of sp³-hybridized carbons (Fsp3) is 0.233. The number of carbonyl (C=O) groups excluding carboxylic acids is 1. The van der Waals surface area contributed by atoms with E-state index < -0.39 is 0 Å². The van der Waals surface area contributed by atoms with Crippen LogP contribution < -0.4 is 19.7 Å². The van der Waals surface area contributed by atoms with Crippen LogP contribution in [0.25, 0.3) is 0 Å². The van der Waals surface area contributed by atoms with Gasteiger partial charge in [0.25, 0.3) is 5.91 Å². The summed E-state index contributed by atoms with van der Waals surface area (Å²) in [6.07, 6.45) is 0.866. The third-order valence-electron chi connectivity index (χ3n) is 6.58. The molecule has 39 heavy (non-hydrogen) atoms. The zero-order valence-corrected chi connectivity index (χ0v) is 23.4. The molecule has 0 spiro atoms. The summed E-state index contributed by atoms with van der Waals surface area (Å²) in [4.78, 5) is 23.9. The van der Waals surface area contributed by atoms with Crippen molar-refractivity contribution in [2.45, 2.75) is 30.4 Å². The Morgan fingerprint density at radius 3 is 2.38 bits per heavy atom. The molecule has 0 unspecified atom stereocenters. The molecule has 1 N–H and O–H groups in total. The van der Waals surface area contributed by atoms with E-state index in [1.807, 2.05) is 60.7 Å². The molecule has 3 aromatic carbocycles. The minimum atomic E-state index is -0.0972. The summed E-state index contributed by atoms with van der Waals surface area (Å²) >= 11 is 7.91. The molecule has 0 bridgehead atoms. The largest absolute Gasteiger partial charge is 0.493 e. The van der Waals surface area contributed by atoms with E-state index in [2.05, 4.69) is 21.3 Å². The fourth-order valence-corrected chi connectivity index (χ4v) is 5.51. The number of hydrogen-bond donors (Lipinski definition) is 1. The van der Waals surface area contributed by atoms with Crippen molar-refractivity contribution in [3.63, 3.8) is 0 Å². The van der Waals surface area contributed by atoms with Gasteiger partial charge in [-0.3, -0.25) is 4.79 Å². The summed E-state index contributed by atoms with van der Waals surface area (Å²) in [6, 6.07) is 23.3. The highest BCUT2D eigenvalue weighted by atomic mass is 35.5. The Morgan fingerprint density at radius 2 is 1.67 bits per heavy atom. The van der Waals surface area contributed by atoms with Crippen LogP contribution in [0.15, 0.2) is 78.0 Å². The summed E-state index contributed by atoms with van der Waals surface area (Å²) in [6.45, 7) is 2.00. The van der Waals surface area contributed by atoms with E-state index in [1.165, 1.54) is 22.9 Å². The second-order valence-corrected chi connectivity index (χ2v) is 10.5. The van der Waals surface area contributed by atoms with Crippen LogP contribution in [-0.2, 0) is 25.3 Å². The van der Waals surface area contributed by atoms with Gasteiger partial charge in [-0.25, -0.2) is 9.97 Å². The van der Waals surface area contributed by atoms with Crippen molar-refractivity contribution in [2.75, 3.05) is 25.7 Å². The Labute approximate surface area is 237 Å². The molecule has 0 radical (unpaired) electrons. The van der Waals surface area contributed by atoms with Gasteiger partial charge >= 0.3 is 0 Å². The first-order valence-electron chi connectivity index (χ1n) is 12.6. The van der Waals surface area contributed by atoms with Gasteiger partial charge in [0.15, 0.2) is 16.7 Å². The quantitative estimate of drug-likeness (QED) is 0.154. The maximum Gasteiger partial charge on any atom is 0.251 e. The number of nitrogens with zero attached hydrogens (tertiary/aromatic N) is 3. The van der Waals surface area contributed by atoms with Crippen molar-refractivity contribution in [2.24, 2.45) is 0 Å². The number of fused-ring (bicyclic) bond motifs is 1. The number of halogens is 1. The first-order valence-corrected chi connectivity index (χ1v) is 14.0. The molecule has 1 amide bonds. The summed E-state index contributed by atoms with van der Waals surface area (Å²) < 4.78 is 10.9. The van der Waals surface area contributed by atoms with E-state index in [0.717, 1.165) is 41.4 Å². The highest BCUT2D eigenvalue weighted by Gasteiger charge is 2.21. The normalized spacial score (nSPS) is 12.5. The second kappa shape index (κ2) is 12.4. The van der Waals surface area contributed by atoms with Crippen molar-refractivity contribution >= 4 is 35.1 Å². The molecular formula is C30H29ClN4O3S. The van der Waals surface area contributed by atoms with Crippen LogP contribution in [0.2, 0.25) is 5.15 Å². The lowest BCUT2D eigenvalue weighted by atomic mass is 9.99. The second-order valence-electron chi connectivity index (χ2n) is 9.13. The van der Waals surface area contributed by atoms with Gasteiger partial charge in [0.1, 0.15) is 11.0 Å². The third-order valence-corrected chi connectivity index (χ3v) is 7.69. The van der Waals surface area contributed by atoms with Crippen molar-refractivity contribution < 1.29 is 14.3 Å². The summed E-state index contributed by atoms with van der Waals surface area (Å²) in [5.41, 5.74) is 5.18. The lowest BCUT2D eigenvalue weighted by molar-refractivity contribution is 0.0951. The van der Waals surface area contributed by atoms with Crippen LogP contribution >= 0.6 is 23.4 Å². The van der Waals surface area contributed by atoms with E-state index in [-0.39, 0.29) is 5.91 Å². The number of amides is 1. The van der Waals surface area contributed by atoms with Crippen LogP contribution in [0, 0.1) is 0 Å². The summed E-state index contributed by atoms with van der Waals surface area (Å²) in [5.74, 6) is 2.82. The predicted molar refractivity (Wildman–Crippen MR) is 155 cm³/mol.